The van der Waals surface area contributed by atoms with E-state index in [4.69, 9.17) is 8.44 Å². The molecule has 0 atom stereocenters. The third-order valence-electron chi connectivity index (χ3n) is 1.06. The molecule has 4 heteroatoms. The van der Waals surface area contributed by atoms with Crippen LogP contribution in [0.15, 0.2) is 0 Å². The first-order valence-electron chi connectivity index (χ1n) is 4.46. The molecule has 0 radical (unpaired) electrons. The van der Waals surface area contributed by atoms with Gasteiger partial charge in [-0.1, -0.05) is 0 Å². The van der Waals surface area contributed by atoms with Crippen LogP contribution in [-0.4, -0.2) is 19.8 Å². The number of hydrogen-bond acceptors (Lipinski definition) is 3. The third-order valence-corrected chi connectivity index (χ3v) is 4.63. The van der Waals surface area contributed by atoms with Gasteiger partial charge in [-0.15, -0.1) is 0 Å². The third kappa shape index (κ3) is 7.41. The molecule has 0 fully saturated rings. The van der Waals surface area contributed by atoms with Crippen LogP contribution >= 0.6 is 0 Å². The van der Waals surface area contributed by atoms with Crippen LogP contribution < -0.4 is 0 Å². The van der Waals surface area contributed by atoms with E-state index in [1.165, 1.54) is 0 Å². The maximum absolute atomic E-state index is 5.54. The van der Waals surface area contributed by atoms with Crippen LogP contribution in [0.1, 0.15) is 27.7 Å². The molecule has 0 amide bonds. The van der Waals surface area contributed by atoms with Gasteiger partial charge in [0.1, 0.15) is 0 Å². The topological polar surface area (TPSA) is 27.7 Å². The predicted molar refractivity (Wildman–Crippen MR) is 44.0 cm³/mol. The van der Waals surface area contributed by atoms with Crippen LogP contribution in [0, 0.1) is 5.92 Å². The SMILES string of the molecule is CC[O][Zr]([O]CC)[O]CC(C)C. The zero-order chi connectivity index (χ0) is 9.40. The fourth-order valence-electron chi connectivity index (χ4n) is 0.595. The van der Waals surface area contributed by atoms with Crippen molar-refractivity contribution in [1.29, 1.82) is 0 Å². The summed E-state index contributed by atoms with van der Waals surface area (Å²) in [6.07, 6.45) is 0. The molecule has 12 heavy (non-hydrogen) atoms. The molecule has 0 rings (SSSR count). The van der Waals surface area contributed by atoms with Gasteiger partial charge in [0.25, 0.3) is 0 Å². The minimum atomic E-state index is -2.33. The molecule has 0 saturated carbocycles. The molecule has 0 aliphatic heterocycles. The van der Waals surface area contributed by atoms with E-state index in [0.717, 1.165) is 6.61 Å². The van der Waals surface area contributed by atoms with Crippen molar-refractivity contribution in [2.75, 3.05) is 19.8 Å². The summed E-state index contributed by atoms with van der Waals surface area (Å²) in [6.45, 7) is 10.3. The minimum absolute atomic E-state index is 0.557. The molecular weight excluding hydrogens is 235 g/mol. The quantitative estimate of drug-likeness (QED) is 0.696. The number of rotatable bonds is 7. The molecule has 73 valence electrons. The van der Waals surface area contributed by atoms with Gasteiger partial charge < -0.3 is 0 Å². The van der Waals surface area contributed by atoms with Crippen molar-refractivity contribution in [3.05, 3.63) is 0 Å². The van der Waals surface area contributed by atoms with Gasteiger partial charge in [-0.2, -0.15) is 0 Å². The van der Waals surface area contributed by atoms with Crippen LogP contribution in [0.5, 0.6) is 0 Å². The molecule has 0 aliphatic rings. The van der Waals surface area contributed by atoms with Crippen molar-refractivity contribution in [1.82, 2.24) is 0 Å². The first kappa shape index (κ1) is 12.8. The Hall–Kier alpha value is 0.763. The van der Waals surface area contributed by atoms with Crippen molar-refractivity contribution in [3.8, 4) is 0 Å². The monoisotopic (exact) mass is 253 g/mol. The Morgan fingerprint density at radius 2 is 1.50 bits per heavy atom. The second kappa shape index (κ2) is 8.37. The summed E-state index contributed by atoms with van der Waals surface area (Å²) >= 11 is -2.33. The van der Waals surface area contributed by atoms with Crippen LogP contribution in [-0.2, 0) is 31.5 Å². The van der Waals surface area contributed by atoms with Crippen molar-refractivity contribution >= 4 is 0 Å². The zero-order valence-electron chi connectivity index (χ0n) is 8.42. The van der Waals surface area contributed by atoms with Crippen molar-refractivity contribution in [3.63, 3.8) is 0 Å². The Bertz CT molecular complexity index is 92.3. The van der Waals surface area contributed by atoms with Gasteiger partial charge in [0.2, 0.25) is 0 Å². The van der Waals surface area contributed by atoms with Gasteiger partial charge >= 0.3 is 84.9 Å². The molecule has 0 N–H and O–H groups in total. The fraction of sp³-hybridized carbons (Fsp3) is 1.00. The molecule has 0 aromatic rings. The molecule has 0 aliphatic carbocycles. The van der Waals surface area contributed by atoms with E-state index in [1.807, 2.05) is 13.8 Å². The maximum atomic E-state index is 5.54. The summed E-state index contributed by atoms with van der Waals surface area (Å²) in [5.41, 5.74) is 0. The first-order valence-corrected chi connectivity index (χ1v) is 7.47. The summed E-state index contributed by atoms with van der Waals surface area (Å²) in [6, 6.07) is 0. The average molecular weight is 254 g/mol. The molecule has 0 spiro atoms. The first-order chi connectivity index (χ1) is 5.70. The fourth-order valence-corrected chi connectivity index (χ4v) is 3.52. The summed E-state index contributed by atoms with van der Waals surface area (Å²) in [7, 11) is 0. The van der Waals surface area contributed by atoms with Gasteiger partial charge in [0.15, 0.2) is 0 Å². The summed E-state index contributed by atoms with van der Waals surface area (Å²) in [4.78, 5) is 0. The summed E-state index contributed by atoms with van der Waals surface area (Å²) < 4.78 is 16.3. The van der Waals surface area contributed by atoms with Gasteiger partial charge in [0, 0.05) is 0 Å². The van der Waals surface area contributed by atoms with Crippen molar-refractivity contribution in [2.24, 2.45) is 5.92 Å². The van der Waals surface area contributed by atoms with Gasteiger partial charge in [-0.05, 0) is 0 Å². The zero-order valence-corrected chi connectivity index (χ0v) is 10.9. The molecule has 0 saturated heterocycles. The second-order valence-electron chi connectivity index (χ2n) is 2.82. The second-order valence-corrected chi connectivity index (χ2v) is 6.18. The molecule has 0 heterocycles. The van der Waals surface area contributed by atoms with Gasteiger partial charge in [-0.3, -0.25) is 0 Å². The standard InChI is InChI=1S/C4H9O.2C2H5O.Zr/c1-4(2)3-5;2*1-2-3;/h4H,3H2,1-2H3;2*2H2,1H3;/q3*-1;+3. The van der Waals surface area contributed by atoms with Crippen molar-refractivity contribution < 1.29 is 31.5 Å². The molecule has 0 aromatic heterocycles. The van der Waals surface area contributed by atoms with E-state index in [0.29, 0.717) is 19.1 Å². The molecule has 3 nitrogen and oxygen atoms in total. The molecule has 0 unspecified atom stereocenters. The van der Waals surface area contributed by atoms with Crippen LogP contribution in [0.4, 0.5) is 0 Å². The normalized spacial score (nSPS) is 10.8. The average Bonchev–Trinajstić information content (AvgIpc) is 2.01. The van der Waals surface area contributed by atoms with E-state index < -0.39 is 23.1 Å². The van der Waals surface area contributed by atoms with E-state index in [-0.39, 0.29) is 0 Å². The summed E-state index contributed by atoms with van der Waals surface area (Å²) in [5.74, 6) is 0.557. The van der Waals surface area contributed by atoms with E-state index in [1.54, 1.807) is 0 Å². The van der Waals surface area contributed by atoms with Crippen LogP contribution in [0.3, 0.4) is 0 Å². The van der Waals surface area contributed by atoms with Crippen LogP contribution in [0.2, 0.25) is 0 Å². The van der Waals surface area contributed by atoms with E-state index in [2.05, 4.69) is 13.8 Å². The Balaban J connectivity index is 3.48. The van der Waals surface area contributed by atoms with Crippen molar-refractivity contribution in [2.45, 2.75) is 27.7 Å². The van der Waals surface area contributed by atoms with Crippen LogP contribution in [0.25, 0.3) is 0 Å². The Morgan fingerprint density at radius 1 is 1.00 bits per heavy atom. The Morgan fingerprint density at radius 3 is 1.83 bits per heavy atom. The summed E-state index contributed by atoms with van der Waals surface area (Å²) in [5, 5.41) is 0. The molecular formula is C8H19O3Zr. The van der Waals surface area contributed by atoms with E-state index >= 15 is 0 Å². The molecule has 0 bridgehead atoms. The Labute approximate surface area is 84.9 Å². The van der Waals surface area contributed by atoms with Gasteiger partial charge in [0.05, 0.1) is 0 Å². The van der Waals surface area contributed by atoms with Gasteiger partial charge in [-0.25, -0.2) is 0 Å². The predicted octanol–water partition coefficient (Wildman–Crippen LogP) is 2.10. The van der Waals surface area contributed by atoms with E-state index in [9.17, 15) is 0 Å². The molecule has 0 aromatic carbocycles. The number of hydrogen-bond donors (Lipinski definition) is 0. The Kier molecular flexibility index (Phi) is 8.90.